The zero-order valence-electron chi connectivity index (χ0n) is 20.5. The largest absolute Gasteiger partial charge is 0.395 e. The van der Waals surface area contributed by atoms with Crippen LogP contribution < -0.4 is 15.1 Å². The van der Waals surface area contributed by atoms with Crippen molar-refractivity contribution < 1.29 is 27.1 Å². The number of alkyl halides is 2. The summed E-state index contributed by atoms with van der Waals surface area (Å²) in [7, 11) is -3.70. The van der Waals surface area contributed by atoms with E-state index < -0.39 is 34.0 Å². The van der Waals surface area contributed by atoms with Gasteiger partial charge in [0.2, 0.25) is 5.95 Å². The third-order valence-electron chi connectivity index (χ3n) is 7.74. The average Bonchev–Trinajstić information content (AvgIpc) is 3.63. The number of carbonyl (C=O) groups excluding carboxylic acids is 1. The molecule has 0 radical (unpaired) electrons. The number of benzene rings is 1. The molecule has 1 aromatic heterocycles. The Balaban J connectivity index is 1.38. The van der Waals surface area contributed by atoms with E-state index in [2.05, 4.69) is 15.3 Å². The molecule has 1 aliphatic carbocycles. The van der Waals surface area contributed by atoms with Crippen molar-refractivity contribution in [2.45, 2.75) is 49.3 Å². The second-order valence-electron chi connectivity index (χ2n) is 10.2. The summed E-state index contributed by atoms with van der Waals surface area (Å²) in [5.74, 6) is -3.07. The highest BCUT2D eigenvalue weighted by molar-refractivity contribution is 7.91. The topological polar surface area (TPSA) is 116 Å². The minimum Gasteiger partial charge on any atom is -0.395 e. The van der Waals surface area contributed by atoms with Gasteiger partial charge in [0.15, 0.2) is 9.84 Å². The molecule has 0 bridgehead atoms. The van der Waals surface area contributed by atoms with E-state index in [1.807, 2.05) is 4.90 Å². The normalized spacial score (nSPS) is 20.6. The van der Waals surface area contributed by atoms with Crippen molar-refractivity contribution >= 4 is 33.2 Å². The zero-order valence-corrected chi connectivity index (χ0v) is 21.3. The molecule has 200 valence electrons. The fourth-order valence-corrected chi connectivity index (χ4v) is 6.16. The summed E-state index contributed by atoms with van der Waals surface area (Å²) in [6.07, 6.45) is 5.34. The second kappa shape index (κ2) is 9.79. The highest BCUT2D eigenvalue weighted by Gasteiger charge is 2.44. The molecule has 1 amide bonds. The Kier molecular flexibility index (Phi) is 6.82. The van der Waals surface area contributed by atoms with Crippen molar-refractivity contribution in [1.82, 2.24) is 9.97 Å². The van der Waals surface area contributed by atoms with E-state index in [1.165, 1.54) is 37.2 Å². The number of carbonyl (C=O) groups is 1. The second-order valence-corrected chi connectivity index (χ2v) is 12.4. The molecule has 3 aliphatic rings. The number of piperidine rings is 2. The summed E-state index contributed by atoms with van der Waals surface area (Å²) >= 11 is 0. The number of aromatic nitrogens is 2. The van der Waals surface area contributed by atoms with Gasteiger partial charge in [-0.15, -0.1) is 0 Å². The summed E-state index contributed by atoms with van der Waals surface area (Å²) in [5, 5.41) is 11.9. The van der Waals surface area contributed by atoms with E-state index in [0.29, 0.717) is 22.5 Å². The van der Waals surface area contributed by atoms with Crippen LogP contribution in [0.15, 0.2) is 35.4 Å². The van der Waals surface area contributed by atoms with Gasteiger partial charge in [0, 0.05) is 45.2 Å². The number of nitrogens with one attached hydrogen (secondary N) is 1. The van der Waals surface area contributed by atoms with E-state index in [0.717, 1.165) is 25.9 Å². The van der Waals surface area contributed by atoms with E-state index in [-0.39, 0.29) is 36.8 Å². The fourth-order valence-electron chi connectivity index (χ4n) is 5.11. The van der Waals surface area contributed by atoms with E-state index in [4.69, 9.17) is 0 Å². The third-order valence-corrected chi connectivity index (χ3v) is 9.43. The molecule has 1 spiro atoms. The number of amides is 1. The number of nitrogens with zero attached hydrogens (tertiary/aromatic N) is 4. The van der Waals surface area contributed by atoms with Crippen LogP contribution in [-0.2, 0) is 9.84 Å². The van der Waals surface area contributed by atoms with Crippen LogP contribution in [0, 0.1) is 5.41 Å². The van der Waals surface area contributed by atoms with Crippen LogP contribution in [0.3, 0.4) is 0 Å². The molecule has 2 saturated heterocycles. The van der Waals surface area contributed by atoms with E-state index >= 15 is 0 Å². The number of hydrogen-bond acceptors (Lipinski definition) is 8. The maximum atomic E-state index is 13.5. The maximum absolute atomic E-state index is 13.5. The smallest absolute Gasteiger partial charge is 0.260 e. The lowest BCUT2D eigenvalue weighted by Crippen LogP contribution is -2.39. The van der Waals surface area contributed by atoms with E-state index in [9.17, 15) is 27.1 Å². The first-order chi connectivity index (χ1) is 17.6. The molecule has 0 unspecified atom stereocenters. The molecule has 12 heteroatoms. The lowest BCUT2D eigenvalue weighted by molar-refractivity contribution is -0.0221. The molecule has 1 saturated carbocycles. The number of anilines is 3. The summed E-state index contributed by atoms with van der Waals surface area (Å²) in [6, 6.07) is 5.98. The van der Waals surface area contributed by atoms with Crippen molar-refractivity contribution in [3.05, 3.63) is 36.0 Å². The van der Waals surface area contributed by atoms with Gasteiger partial charge in [-0.3, -0.25) is 10.1 Å². The van der Waals surface area contributed by atoms with Gasteiger partial charge in [0.1, 0.15) is 5.82 Å². The molecule has 0 atom stereocenters. The number of sulfone groups is 1. The quantitative estimate of drug-likeness (QED) is 0.556. The van der Waals surface area contributed by atoms with Crippen LogP contribution in [0.25, 0.3) is 0 Å². The van der Waals surface area contributed by atoms with Gasteiger partial charge in [-0.05, 0) is 55.4 Å². The Bertz CT molecular complexity index is 1270. The van der Waals surface area contributed by atoms with Crippen LogP contribution in [0.4, 0.5) is 26.2 Å². The standard InChI is InChI=1S/C25H31F2N5O4S/c26-25(27)8-13-32(14-9-25)21-3-10-28-23(29-21)30-22(34)19-2-1-18(37(35,36)16-15-33)17-20(19)31-11-6-24(4-5-24)7-12-31/h1-3,10,17,33H,4-9,11-16H2,(H,28,29,30,34). The van der Waals surface area contributed by atoms with Crippen LogP contribution in [-0.4, -0.2) is 73.9 Å². The Hall–Kier alpha value is -2.86. The van der Waals surface area contributed by atoms with Crippen LogP contribution in [0.1, 0.15) is 48.9 Å². The minimum atomic E-state index is -3.70. The highest BCUT2D eigenvalue weighted by atomic mass is 32.2. The molecule has 1 aromatic carbocycles. The van der Waals surface area contributed by atoms with Gasteiger partial charge in [-0.2, -0.15) is 4.98 Å². The molecule has 3 fully saturated rings. The van der Waals surface area contributed by atoms with Gasteiger partial charge in [0.05, 0.1) is 28.5 Å². The SMILES string of the molecule is O=C(Nc1nccc(N2CCC(F)(F)CC2)n1)c1ccc(S(=O)(=O)CCO)cc1N1CCC2(CC1)CC2. The van der Waals surface area contributed by atoms with Crippen LogP contribution in [0.5, 0.6) is 0 Å². The monoisotopic (exact) mass is 535 g/mol. The third kappa shape index (κ3) is 5.69. The van der Waals surface area contributed by atoms with E-state index in [1.54, 1.807) is 11.0 Å². The number of halogens is 2. The molecular weight excluding hydrogens is 504 g/mol. The average molecular weight is 536 g/mol. The fraction of sp³-hybridized carbons (Fsp3) is 0.560. The van der Waals surface area contributed by atoms with Crippen molar-refractivity contribution in [3.8, 4) is 0 Å². The number of rotatable bonds is 7. The first-order valence-corrected chi connectivity index (χ1v) is 14.2. The molecular formula is C25H31F2N5O4S. The van der Waals surface area contributed by atoms with Crippen LogP contribution in [0.2, 0.25) is 0 Å². The summed E-state index contributed by atoms with van der Waals surface area (Å²) in [4.78, 5) is 25.7. The van der Waals surface area contributed by atoms with Gasteiger partial charge in [-0.1, -0.05) is 0 Å². The molecule has 3 heterocycles. The number of aliphatic hydroxyl groups is 1. The minimum absolute atomic E-state index is 0.0401. The molecule has 2 aliphatic heterocycles. The molecule has 37 heavy (non-hydrogen) atoms. The summed E-state index contributed by atoms with van der Waals surface area (Å²) in [6.45, 7) is 1.25. The van der Waals surface area contributed by atoms with Crippen molar-refractivity contribution in [2.75, 3.05) is 53.7 Å². The zero-order chi connectivity index (χ0) is 26.3. The lowest BCUT2D eigenvalue weighted by Gasteiger charge is -2.35. The molecule has 2 N–H and O–H groups in total. The summed E-state index contributed by atoms with van der Waals surface area (Å²) in [5.41, 5.74) is 1.20. The van der Waals surface area contributed by atoms with Crippen molar-refractivity contribution in [3.63, 3.8) is 0 Å². The molecule has 9 nitrogen and oxygen atoms in total. The Morgan fingerprint density at radius 2 is 1.68 bits per heavy atom. The highest BCUT2D eigenvalue weighted by Crippen LogP contribution is 2.54. The van der Waals surface area contributed by atoms with Gasteiger partial charge >= 0.3 is 0 Å². The Labute approximate surface area is 214 Å². The first kappa shape index (κ1) is 25.8. The predicted molar refractivity (Wildman–Crippen MR) is 135 cm³/mol. The first-order valence-electron chi connectivity index (χ1n) is 12.6. The van der Waals surface area contributed by atoms with Crippen LogP contribution >= 0.6 is 0 Å². The van der Waals surface area contributed by atoms with Crippen molar-refractivity contribution in [2.24, 2.45) is 5.41 Å². The van der Waals surface area contributed by atoms with Gasteiger partial charge in [0.25, 0.3) is 11.8 Å². The van der Waals surface area contributed by atoms with Gasteiger partial charge in [-0.25, -0.2) is 22.2 Å². The maximum Gasteiger partial charge on any atom is 0.260 e. The Morgan fingerprint density at radius 3 is 2.32 bits per heavy atom. The van der Waals surface area contributed by atoms with Crippen molar-refractivity contribution in [1.29, 1.82) is 0 Å². The molecule has 5 rings (SSSR count). The lowest BCUT2D eigenvalue weighted by atomic mass is 9.93. The molecule has 2 aromatic rings. The van der Waals surface area contributed by atoms with Gasteiger partial charge < -0.3 is 14.9 Å². The number of hydrogen-bond donors (Lipinski definition) is 2. The predicted octanol–water partition coefficient (Wildman–Crippen LogP) is 3.11. The number of aliphatic hydroxyl groups excluding tert-OH is 1. The summed E-state index contributed by atoms with van der Waals surface area (Å²) < 4.78 is 52.3. The Morgan fingerprint density at radius 1 is 1.00 bits per heavy atom.